The van der Waals surface area contributed by atoms with E-state index in [1.54, 1.807) is 11.3 Å². The number of aromatic nitrogens is 4. The minimum Gasteiger partial charge on any atom is -0.378 e. The van der Waals surface area contributed by atoms with Crippen LogP contribution in [0.1, 0.15) is 50.4 Å². The van der Waals surface area contributed by atoms with Gasteiger partial charge >= 0.3 is 0 Å². The number of carbonyl (C=O) groups excluding carboxylic acids is 1. The number of carbonyl (C=O) groups is 1. The smallest absolute Gasteiger partial charge is 0.228 e. The Bertz CT molecular complexity index is 1450. The van der Waals surface area contributed by atoms with E-state index in [4.69, 9.17) is 29.2 Å². The van der Waals surface area contributed by atoms with Crippen LogP contribution in [0.4, 0.5) is 5.82 Å². The minimum absolute atomic E-state index is 0.110. The van der Waals surface area contributed by atoms with Gasteiger partial charge in [0.2, 0.25) is 5.91 Å². The SMILES string of the molecule is CSc1nc(C)c(-c2nc3c(C4CC4)nccc3s2)c(N[C@@H]2C[C@H](C(=O)N3CCOCC3)[C@H]3OC(C)(C)O[C@H]32)n1. The number of anilines is 1. The third-order valence-corrected chi connectivity index (χ3v) is 9.78. The van der Waals surface area contributed by atoms with E-state index < -0.39 is 5.79 Å². The maximum Gasteiger partial charge on any atom is 0.228 e. The standard InChI is InChI=1S/C28H34N6O4S2/c1-14-19(25-32-21-18(40-25)7-8-29-20(21)15-5-6-15)24(33-27(30-14)39-4)31-17-13-16(22-23(17)38-28(2,3)37-22)26(35)34-9-11-36-12-10-34/h7-8,15-17,22-23H,5-6,9-13H2,1-4H3,(H,30,31,33)/t16-,17+,22+,23-/m0/s1. The fraction of sp³-hybridized carbons (Fsp3) is 0.607. The van der Waals surface area contributed by atoms with E-state index in [1.807, 2.05) is 44.2 Å². The lowest BCUT2D eigenvalue weighted by molar-refractivity contribution is -0.164. The van der Waals surface area contributed by atoms with Crippen LogP contribution in [-0.2, 0) is 19.0 Å². The molecule has 3 aromatic rings. The summed E-state index contributed by atoms with van der Waals surface area (Å²) >= 11 is 3.15. The molecule has 1 N–H and O–H groups in total. The maximum absolute atomic E-state index is 13.7. The molecule has 40 heavy (non-hydrogen) atoms. The summed E-state index contributed by atoms with van der Waals surface area (Å²) < 4.78 is 19.3. The quantitative estimate of drug-likeness (QED) is 0.335. The molecule has 5 heterocycles. The third kappa shape index (κ3) is 4.77. The first-order valence-corrected chi connectivity index (χ1v) is 16.0. The first-order chi connectivity index (χ1) is 19.3. The van der Waals surface area contributed by atoms with Gasteiger partial charge in [0, 0.05) is 25.2 Å². The molecule has 2 aliphatic heterocycles. The molecule has 7 rings (SSSR count). The number of hydrogen-bond acceptors (Lipinski definition) is 11. The molecule has 212 valence electrons. The van der Waals surface area contributed by atoms with E-state index in [0.29, 0.717) is 49.6 Å². The summed E-state index contributed by atoms with van der Waals surface area (Å²) in [7, 11) is 0. The molecule has 4 aliphatic rings. The van der Waals surface area contributed by atoms with Crippen LogP contribution in [0.25, 0.3) is 20.8 Å². The zero-order valence-electron chi connectivity index (χ0n) is 23.2. The molecule has 2 saturated carbocycles. The molecular weight excluding hydrogens is 548 g/mol. The maximum atomic E-state index is 13.7. The van der Waals surface area contributed by atoms with Crippen LogP contribution in [0.2, 0.25) is 0 Å². The van der Waals surface area contributed by atoms with E-state index >= 15 is 0 Å². The van der Waals surface area contributed by atoms with Gasteiger partial charge in [0.1, 0.15) is 28.6 Å². The molecule has 0 unspecified atom stereocenters. The number of hydrogen-bond donors (Lipinski definition) is 1. The summed E-state index contributed by atoms with van der Waals surface area (Å²) in [6.07, 6.45) is 6.18. The number of amides is 1. The van der Waals surface area contributed by atoms with Crippen molar-refractivity contribution in [3.05, 3.63) is 23.7 Å². The van der Waals surface area contributed by atoms with E-state index in [0.717, 1.165) is 32.2 Å². The second kappa shape index (κ2) is 10.2. The minimum atomic E-state index is -0.771. The number of ether oxygens (including phenoxy) is 3. The monoisotopic (exact) mass is 582 g/mol. The van der Waals surface area contributed by atoms with E-state index in [9.17, 15) is 4.79 Å². The van der Waals surface area contributed by atoms with Gasteiger partial charge in [-0.3, -0.25) is 9.78 Å². The lowest BCUT2D eigenvalue weighted by Crippen LogP contribution is -2.46. The number of fused-ring (bicyclic) bond motifs is 2. The average Bonchev–Trinajstić information content (AvgIpc) is 3.51. The van der Waals surface area contributed by atoms with Crippen LogP contribution >= 0.6 is 23.1 Å². The molecule has 12 heteroatoms. The van der Waals surface area contributed by atoms with Crippen molar-refractivity contribution in [2.75, 3.05) is 37.9 Å². The zero-order valence-corrected chi connectivity index (χ0v) is 24.8. The van der Waals surface area contributed by atoms with Crippen molar-refractivity contribution in [3.63, 3.8) is 0 Å². The van der Waals surface area contributed by atoms with Crippen LogP contribution in [0.3, 0.4) is 0 Å². The highest BCUT2D eigenvalue weighted by Crippen LogP contribution is 2.46. The highest BCUT2D eigenvalue weighted by atomic mass is 32.2. The van der Waals surface area contributed by atoms with Gasteiger partial charge in [0.25, 0.3) is 0 Å². The average molecular weight is 583 g/mol. The lowest BCUT2D eigenvalue weighted by atomic mass is 10.0. The second-order valence-electron chi connectivity index (χ2n) is 11.5. The molecule has 0 aromatic carbocycles. The highest BCUT2D eigenvalue weighted by molar-refractivity contribution is 7.98. The number of rotatable bonds is 6. The van der Waals surface area contributed by atoms with Crippen LogP contribution in [0.15, 0.2) is 17.4 Å². The highest BCUT2D eigenvalue weighted by Gasteiger charge is 2.57. The van der Waals surface area contributed by atoms with Crippen molar-refractivity contribution in [1.29, 1.82) is 0 Å². The van der Waals surface area contributed by atoms with Gasteiger partial charge in [-0.25, -0.2) is 15.0 Å². The number of morpholine rings is 1. The Morgan fingerprint density at radius 1 is 1.15 bits per heavy atom. The molecule has 3 aromatic heterocycles. The molecule has 1 amide bonds. The molecular formula is C28H34N6O4S2. The third-order valence-electron chi connectivity index (χ3n) is 8.19. The predicted molar refractivity (Wildman–Crippen MR) is 154 cm³/mol. The van der Waals surface area contributed by atoms with E-state index in [-0.39, 0.29) is 30.1 Å². The van der Waals surface area contributed by atoms with Gasteiger partial charge in [-0.2, -0.15) is 0 Å². The second-order valence-corrected chi connectivity index (χ2v) is 13.3. The predicted octanol–water partition coefficient (Wildman–Crippen LogP) is 4.24. The number of nitrogens with one attached hydrogen (secondary N) is 1. The van der Waals surface area contributed by atoms with Crippen molar-refractivity contribution in [3.8, 4) is 10.6 Å². The van der Waals surface area contributed by atoms with Gasteiger partial charge in [0.15, 0.2) is 10.9 Å². The fourth-order valence-corrected chi connectivity index (χ4v) is 7.67. The number of thioether (sulfide) groups is 1. The van der Waals surface area contributed by atoms with E-state index in [2.05, 4.69) is 10.3 Å². The molecule has 4 fully saturated rings. The Kier molecular flexibility index (Phi) is 6.74. The summed E-state index contributed by atoms with van der Waals surface area (Å²) in [6, 6.07) is 1.87. The molecule has 2 saturated heterocycles. The Morgan fingerprint density at radius 2 is 1.93 bits per heavy atom. The molecule has 10 nitrogen and oxygen atoms in total. The van der Waals surface area contributed by atoms with Crippen molar-refractivity contribution in [2.24, 2.45) is 5.92 Å². The molecule has 2 aliphatic carbocycles. The Hall–Kier alpha value is -2.38. The lowest BCUT2D eigenvalue weighted by Gasteiger charge is -2.31. The van der Waals surface area contributed by atoms with Crippen molar-refractivity contribution in [2.45, 2.75) is 75.1 Å². The molecule has 0 bridgehead atoms. The summed E-state index contributed by atoms with van der Waals surface area (Å²) in [6.45, 7) is 8.19. The first-order valence-electron chi connectivity index (χ1n) is 14.0. The van der Waals surface area contributed by atoms with Gasteiger partial charge in [-0.1, -0.05) is 11.8 Å². The topological polar surface area (TPSA) is 112 Å². The summed E-state index contributed by atoms with van der Waals surface area (Å²) in [5, 5.41) is 5.26. The van der Waals surface area contributed by atoms with E-state index in [1.165, 1.54) is 24.6 Å². The normalized spacial score (nSPS) is 27.8. The van der Waals surface area contributed by atoms with Crippen LogP contribution in [0, 0.1) is 12.8 Å². The van der Waals surface area contributed by atoms with Crippen LogP contribution < -0.4 is 5.32 Å². The van der Waals surface area contributed by atoms with Gasteiger partial charge in [0.05, 0.1) is 46.8 Å². The Labute approximate surface area is 241 Å². The fourth-order valence-electron chi connectivity index (χ4n) is 6.19. The van der Waals surface area contributed by atoms with Gasteiger partial charge in [-0.15, -0.1) is 11.3 Å². The van der Waals surface area contributed by atoms with Crippen molar-refractivity contribution in [1.82, 2.24) is 24.8 Å². The summed E-state index contributed by atoms with van der Waals surface area (Å²) in [5.74, 6) is 0.260. The number of aryl methyl sites for hydroxylation is 1. The Balaban J connectivity index is 1.24. The van der Waals surface area contributed by atoms with Crippen LogP contribution in [-0.4, -0.2) is 87.3 Å². The van der Waals surface area contributed by atoms with Crippen molar-refractivity contribution >= 4 is 45.0 Å². The zero-order chi connectivity index (χ0) is 27.6. The molecule has 0 radical (unpaired) electrons. The Morgan fingerprint density at radius 3 is 2.67 bits per heavy atom. The van der Waals surface area contributed by atoms with Gasteiger partial charge in [-0.05, 0) is 52.4 Å². The summed E-state index contributed by atoms with van der Waals surface area (Å²) in [4.78, 5) is 35.0. The number of pyridine rings is 1. The summed E-state index contributed by atoms with van der Waals surface area (Å²) in [5.41, 5.74) is 3.82. The van der Waals surface area contributed by atoms with Crippen LogP contribution in [0.5, 0.6) is 0 Å². The number of thiazole rings is 1. The van der Waals surface area contributed by atoms with Crippen molar-refractivity contribution < 1.29 is 19.0 Å². The number of nitrogens with zero attached hydrogens (tertiary/aromatic N) is 5. The first kappa shape index (κ1) is 26.5. The van der Waals surface area contributed by atoms with Gasteiger partial charge < -0.3 is 24.4 Å². The molecule has 4 atom stereocenters. The molecule has 0 spiro atoms. The largest absolute Gasteiger partial charge is 0.378 e.